The van der Waals surface area contributed by atoms with Gasteiger partial charge < -0.3 is 14.4 Å². The molecule has 9 heteroatoms. The van der Waals surface area contributed by atoms with E-state index in [1.54, 1.807) is 17.0 Å². The van der Waals surface area contributed by atoms with Crippen LogP contribution < -0.4 is 9.47 Å². The summed E-state index contributed by atoms with van der Waals surface area (Å²) >= 11 is 0. The average Bonchev–Trinajstić information content (AvgIpc) is 2.91. The van der Waals surface area contributed by atoms with Gasteiger partial charge in [0, 0.05) is 50.7 Å². The van der Waals surface area contributed by atoms with Gasteiger partial charge in [-0.2, -0.15) is 4.31 Å². The molecule has 0 saturated carbocycles. The van der Waals surface area contributed by atoms with Crippen LogP contribution in [-0.4, -0.2) is 68.7 Å². The molecule has 5 rings (SSSR count). The van der Waals surface area contributed by atoms with Crippen LogP contribution in [-0.2, 0) is 14.8 Å². The number of Topliss-reactive ketones (excluding diaryl/α,β-unsaturated/α-hetero) is 1. The molecule has 3 aromatic rings. The Morgan fingerprint density at radius 2 is 1.49 bits per heavy atom. The summed E-state index contributed by atoms with van der Waals surface area (Å²) in [5, 5.41) is 2.05. The van der Waals surface area contributed by atoms with E-state index in [0.29, 0.717) is 30.3 Å². The minimum atomic E-state index is -3.72. The number of benzene rings is 3. The molecule has 1 saturated heterocycles. The van der Waals surface area contributed by atoms with Crippen LogP contribution in [0.5, 0.6) is 11.5 Å². The molecule has 2 aliphatic rings. The minimum absolute atomic E-state index is 0.0797. The SMILES string of the molecule is O=C(CCC(=O)N1CCN(S(=O)(=O)c2ccc3c(c2)OCCO3)CC1)c1ccc2ccccc2c1. The van der Waals surface area contributed by atoms with Gasteiger partial charge in [-0.25, -0.2) is 8.42 Å². The van der Waals surface area contributed by atoms with Crippen molar-refractivity contribution in [2.24, 2.45) is 0 Å². The average molecular weight is 495 g/mol. The maximum Gasteiger partial charge on any atom is 0.243 e. The molecule has 0 aromatic heterocycles. The lowest BCUT2D eigenvalue weighted by molar-refractivity contribution is -0.132. The summed E-state index contributed by atoms with van der Waals surface area (Å²) in [4.78, 5) is 27.1. The monoisotopic (exact) mass is 494 g/mol. The summed E-state index contributed by atoms with van der Waals surface area (Å²) in [7, 11) is -3.72. The van der Waals surface area contributed by atoms with Crippen molar-refractivity contribution in [3.05, 3.63) is 66.2 Å². The summed E-state index contributed by atoms with van der Waals surface area (Å²) in [6.07, 6.45) is 0.216. The molecule has 1 amide bonds. The smallest absolute Gasteiger partial charge is 0.243 e. The molecule has 1 fully saturated rings. The van der Waals surface area contributed by atoms with Gasteiger partial charge in [-0.1, -0.05) is 36.4 Å². The highest BCUT2D eigenvalue weighted by atomic mass is 32.2. The van der Waals surface area contributed by atoms with E-state index in [9.17, 15) is 18.0 Å². The van der Waals surface area contributed by atoms with E-state index in [1.807, 2.05) is 36.4 Å². The first-order chi connectivity index (χ1) is 16.9. The Morgan fingerprint density at radius 3 is 2.26 bits per heavy atom. The van der Waals surface area contributed by atoms with Crippen molar-refractivity contribution < 1.29 is 27.5 Å². The zero-order valence-corrected chi connectivity index (χ0v) is 20.0. The molecule has 0 aliphatic carbocycles. The van der Waals surface area contributed by atoms with E-state index in [0.717, 1.165) is 10.8 Å². The van der Waals surface area contributed by atoms with Crippen LogP contribution in [0, 0.1) is 0 Å². The van der Waals surface area contributed by atoms with E-state index >= 15 is 0 Å². The van der Waals surface area contributed by atoms with Gasteiger partial charge in [-0.15, -0.1) is 0 Å². The van der Waals surface area contributed by atoms with Crippen molar-refractivity contribution in [3.63, 3.8) is 0 Å². The molecular formula is C26H26N2O6S. The highest BCUT2D eigenvalue weighted by Gasteiger charge is 2.31. The summed E-state index contributed by atoms with van der Waals surface area (Å²) in [5.74, 6) is 0.727. The number of hydrogen-bond donors (Lipinski definition) is 0. The Hall–Kier alpha value is -3.43. The second-order valence-corrected chi connectivity index (χ2v) is 10.5. The van der Waals surface area contributed by atoms with Crippen LogP contribution >= 0.6 is 0 Å². The molecule has 2 heterocycles. The van der Waals surface area contributed by atoms with Gasteiger partial charge in [0.25, 0.3) is 0 Å². The van der Waals surface area contributed by atoms with Crippen LogP contribution in [0.25, 0.3) is 10.8 Å². The largest absolute Gasteiger partial charge is 0.486 e. The number of carbonyl (C=O) groups is 2. The van der Waals surface area contributed by atoms with Crippen LogP contribution in [0.15, 0.2) is 65.6 Å². The second-order valence-electron chi connectivity index (χ2n) is 8.58. The maximum atomic E-state index is 13.1. The van der Waals surface area contributed by atoms with E-state index in [-0.39, 0.29) is 55.6 Å². The first-order valence-corrected chi connectivity index (χ1v) is 13.1. The number of piperazine rings is 1. The van der Waals surface area contributed by atoms with Crippen molar-refractivity contribution in [3.8, 4) is 11.5 Å². The molecule has 0 unspecified atom stereocenters. The zero-order valence-electron chi connectivity index (χ0n) is 19.2. The minimum Gasteiger partial charge on any atom is -0.486 e. The lowest BCUT2D eigenvalue weighted by Crippen LogP contribution is -2.50. The van der Waals surface area contributed by atoms with Crippen LogP contribution in [0.1, 0.15) is 23.2 Å². The standard InChI is InChI=1S/C26H26N2O6S/c29-23(21-6-5-19-3-1-2-4-20(19)17-21)8-10-26(30)27-11-13-28(14-12-27)35(31,32)22-7-9-24-25(18-22)34-16-15-33-24/h1-7,9,17-18H,8,10-16H2. The summed E-state index contributed by atoms with van der Waals surface area (Å²) in [6.45, 7) is 1.77. The van der Waals surface area contributed by atoms with Crippen LogP contribution in [0.2, 0.25) is 0 Å². The number of hydrogen-bond acceptors (Lipinski definition) is 6. The van der Waals surface area contributed by atoms with Crippen molar-refractivity contribution in [2.45, 2.75) is 17.7 Å². The Balaban J connectivity index is 1.16. The molecule has 0 N–H and O–H groups in total. The van der Waals surface area contributed by atoms with Gasteiger partial charge in [0.2, 0.25) is 15.9 Å². The predicted molar refractivity (Wildman–Crippen MR) is 130 cm³/mol. The fourth-order valence-corrected chi connectivity index (χ4v) is 5.83. The highest BCUT2D eigenvalue weighted by Crippen LogP contribution is 2.33. The number of rotatable bonds is 6. The van der Waals surface area contributed by atoms with Gasteiger partial charge in [0.1, 0.15) is 13.2 Å². The fourth-order valence-electron chi connectivity index (χ4n) is 4.40. The molecule has 0 bridgehead atoms. The lowest BCUT2D eigenvalue weighted by atomic mass is 10.0. The Morgan fingerprint density at radius 1 is 0.771 bits per heavy atom. The fraction of sp³-hybridized carbons (Fsp3) is 0.308. The van der Waals surface area contributed by atoms with Crippen molar-refractivity contribution in [1.29, 1.82) is 0 Å². The molecule has 182 valence electrons. The lowest BCUT2D eigenvalue weighted by Gasteiger charge is -2.34. The normalized spacial score (nSPS) is 16.3. The van der Waals surface area contributed by atoms with Crippen molar-refractivity contribution in [2.75, 3.05) is 39.4 Å². The highest BCUT2D eigenvalue weighted by molar-refractivity contribution is 7.89. The number of fused-ring (bicyclic) bond motifs is 2. The number of sulfonamides is 1. The van der Waals surface area contributed by atoms with Crippen LogP contribution in [0.3, 0.4) is 0 Å². The van der Waals surface area contributed by atoms with Crippen molar-refractivity contribution in [1.82, 2.24) is 9.21 Å². The molecule has 8 nitrogen and oxygen atoms in total. The zero-order chi connectivity index (χ0) is 24.4. The number of ketones is 1. The molecule has 0 atom stereocenters. The summed E-state index contributed by atoms with van der Waals surface area (Å²) < 4.78 is 38.5. The third kappa shape index (κ3) is 4.87. The van der Waals surface area contributed by atoms with Gasteiger partial charge in [0.05, 0.1) is 4.90 Å². The number of ether oxygens (including phenoxy) is 2. The van der Waals surface area contributed by atoms with Crippen LogP contribution in [0.4, 0.5) is 0 Å². The van der Waals surface area contributed by atoms with E-state index in [1.165, 1.54) is 16.4 Å². The second kappa shape index (κ2) is 9.67. The molecular weight excluding hydrogens is 468 g/mol. The topological polar surface area (TPSA) is 93.2 Å². The van der Waals surface area contributed by atoms with Gasteiger partial charge in [0.15, 0.2) is 17.3 Å². The molecule has 0 radical (unpaired) electrons. The molecule has 2 aliphatic heterocycles. The molecule has 3 aromatic carbocycles. The summed E-state index contributed by atoms with van der Waals surface area (Å²) in [5.41, 5.74) is 0.590. The molecule has 0 spiro atoms. The van der Waals surface area contributed by atoms with Gasteiger partial charge >= 0.3 is 0 Å². The Labute approximate surface area is 204 Å². The third-order valence-corrected chi connectivity index (χ3v) is 8.27. The van der Waals surface area contributed by atoms with Gasteiger partial charge in [-0.05, 0) is 29.0 Å². The number of carbonyl (C=O) groups excluding carboxylic acids is 2. The maximum absolute atomic E-state index is 13.1. The Bertz CT molecular complexity index is 1380. The predicted octanol–water partition coefficient (Wildman–Crippen LogP) is 3.11. The quantitative estimate of drug-likeness (QED) is 0.489. The van der Waals surface area contributed by atoms with E-state index < -0.39 is 10.0 Å². The van der Waals surface area contributed by atoms with E-state index in [2.05, 4.69) is 0 Å². The first kappa shape index (κ1) is 23.3. The summed E-state index contributed by atoms with van der Waals surface area (Å²) in [6, 6.07) is 18.0. The van der Waals surface area contributed by atoms with Crippen molar-refractivity contribution >= 4 is 32.5 Å². The van der Waals surface area contributed by atoms with Gasteiger partial charge in [-0.3, -0.25) is 9.59 Å². The third-order valence-electron chi connectivity index (χ3n) is 6.38. The first-order valence-electron chi connectivity index (χ1n) is 11.6. The number of amides is 1. The van der Waals surface area contributed by atoms with E-state index in [4.69, 9.17) is 9.47 Å². The molecule has 35 heavy (non-hydrogen) atoms. The number of nitrogens with zero attached hydrogens (tertiary/aromatic N) is 2. The Kier molecular flexibility index (Phi) is 6.44.